The van der Waals surface area contributed by atoms with Gasteiger partial charge >= 0.3 is 0 Å². The summed E-state index contributed by atoms with van der Waals surface area (Å²) in [5, 5.41) is 3.35. The molecule has 2 heterocycles. The number of nitrogens with one attached hydrogen (secondary N) is 1. The fraction of sp³-hybridized carbons (Fsp3) is 0.522. The molecular formula is C23H33N5O. The van der Waals surface area contributed by atoms with Crippen LogP contribution in [0.25, 0.3) is 11.2 Å². The molecule has 0 aliphatic heterocycles. The fourth-order valence-electron chi connectivity index (χ4n) is 3.42. The number of anilines is 1. The highest BCUT2D eigenvalue weighted by Crippen LogP contribution is 2.27. The number of aromatic nitrogens is 4. The number of fused-ring (bicyclic) bond motifs is 1. The van der Waals surface area contributed by atoms with Gasteiger partial charge in [0.15, 0.2) is 5.65 Å². The van der Waals surface area contributed by atoms with Crippen LogP contribution >= 0.6 is 0 Å². The molecular weight excluding hydrogens is 362 g/mol. The molecule has 0 saturated carbocycles. The summed E-state index contributed by atoms with van der Waals surface area (Å²) in [4.78, 5) is 13.9. The molecule has 0 unspecified atom stereocenters. The van der Waals surface area contributed by atoms with Crippen LogP contribution in [0.4, 0.5) is 5.95 Å². The Balaban J connectivity index is 1.91. The third kappa shape index (κ3) is 5.12. The van der Waals surface area contributed by atoms with Gasteiger partial charge in [0.1, 0.15) is 5.52 Å². The third-order valence-corrected chi connectivity index (χ3v) is 5.28. The fourth-order valence-corrected chi connectivity index (χ4v) is 3.42. The molecule has 6 nitrogen and oxygen atoms in total. The van der Waals surface area contributed by atoms with E-state index in [-0.39, 0.29) is 5.41 Å². The molecule has 0 saturated heterocycles. The van der Waals surface area contributed by atoms with E-state index in [4.69, 9.17) is 9.72 Å². The first kappa shape index (κ1) is 21.2. The SMILES string of the molecule is COCCCCNc1nc(Cc2cc(C(C)(C)C)ccc2C)c2c(ncn2C)n1. The first-order chi connectivity index (χ1) is 13.8. The molecule has 0 radical (unpaired) electrons. The van der Waals surface area contributed by atoms with Crippen molar-refractivity contribution in [2.75, 3.05) is 25.6 Å². The van der Waals surface area contributed by atoms with Crippen LogP contribution in [0, 0.1) is 6.92 Å². The predicted octanol–water partition coefficient (Wildman–Crippen LogP) is 4.40. The number of methoxy groups -OCH3 is 1. The summed E-state index contributed by atoms with van der Waals surface area (Å²) in [6.45, 7) is 10.5. The second-order valence-electron chi connectivity index (χ2n) is 8.72. The van der Waals surface area contributed by atoms with Crippen LogP contribution in [0.15, 0.2) is 24.5 Å². The number of benzene rings is 1. The predicted molar refractivity (Wildman–Crippen MR) is 119 cm³/mol. The van der Waals surface area contributed by atoms with E-state index in [2.05, 4.69) is 61.2 Å². The minimum absolute atomic E-state index is 0.116. The largest absolute Gasteiger partial charge is 0.385 e. The van der Waals surface area contributed by atoms with Crippen molar-refractivity contribution in [1.29, 1.82) is 0 Å². The van der Waals surface area contributed by atoms with Gasteiger partial charge in [-0.3, -0.25) is 0 Å². The van der Waals surface area contributed by atoms with E-state index in [1.54, 1.807) is 7.11 Å². The van der Waals surface area contributed by atoms with Crippen molar-refractivity contribution in [3.63, 3.8) is 0 Å². The number of hydrogen-bond donors (Lipinski definition) is 1. The van der Waals surface area contributed by atoms with Gasteiger partial charge in [0.25, 0.3) is 0 Å². The standard InChI is InChI=1S/C23H33N5O/c1-16-9-10-18(23(2,3)4)13-17(16)14-19-20-21(25-15-28(20)5)27-22(26-19)24-11-7-8-12-29-6/h9-10,13,15H,7-8,11-12,14H2,1-6H3,(H,24,26,27). The monoisotopic (exact) mass is 395 g/mol. The zero-order chi connectivity index (χ0) is 21.0. The Hall–Kier alpha value is -2.47. The molecule has 0 atom stereocenters. The molecule has 3 rings (SSSR count). The van der Waals surface area contributed by atoms with Gasteiger partial charge in [-0.05, 0) is 41.9 Å². The van der Waals surface area contributed by atoms with Gasteiger partial charge in [0.2, 0.25) is 5.95 Å². The second-order valence-corrected chi connectivity index (χ2v) is 8.72. The molecule has 6 heteroatoms. The van der Waals surface area contributed by atoms with Crippen LogP contribution in [0.3, 0.4) is 0 Å². The topological polar surface area (TPSA) is 64.9 Å². The molecule has 0 bridgehead atoms. The third-order valence-electron chi connectivity index (χ3n) is 5.28. The van der Waals surface area contributed by atoms with E-state index >= 15 is 0 Å². The molecule has 0 amide bonds. The number of hydrogen-bond acceptors (Lipinski definition) is 5. The molecule has 0 aliphatic carbocycles. The molecule has 0 spiro atoms. The molecule has 1 aromatic carbocycles. The highest BCUT2D eigenvalue weighted by Gasteiger charge is 2.17. The highest BCUT2D eigenvalue weighted by molar-refractivity contribution is 5.75. The van der Waals surface area contributed by atoms with E-state index in [1.807, 2.05) is 17.9 Å². The molecule has 1 N–H and O–H groups in total. The Morgan fingerprint density at radius 3 is 2.66 bits per heavy atom. The molecule has 0 fully saturated rings. The number of rotatable bonds is 8. The van der Waals surface area contributed by atoms with Crippen molar-refractivity contribution in [2.45, 2.75) is 52.4 Å². The van der Waals surface area contributed by atoms with E-state index in [0.717, 1.165) is 49.3 Å². The summed E-state index contributed by atoms with van der Waals surface area (Å²) in [6, 6.07) is 6.76. The van der Waals surface area contributed by atoms with Crippen LogP contribution in [-0.4, -0.2) is 39.8 Å². The highest BCUT2D eigenvalue weighted by atomic mass is 16.5. The first-order valence-electron chi connectivity index (χ1n) is 10.3. The van der Waals surface area contributed by atoms with Gasteiger partial charge in [-0.25, -0.2) is 9.97 Å². The van der Waals surface area contributed by atoms with Gasteiger partial charge in [0, 0.05) is 33.7 Å². The van der Waals surface area contributed by atoms with Crippen molar-refractivity contribution in [3.8, 4) is 0 Å². The summed E-state index contributed by atoms with van der Waals surface area (Å²) in [7, 11) is 3.73. The van der Waals surface area contributed by atoms with Crippen LogP contribution in [0.5, 0.6) is 0 Å². The maximum Gasteiger partial charge on any atom is 0.225 e. The van der Waals surface area contributed by atoms with Gasteiger partial charge < -0.3 is 14.6 Å². The Labute approximate surface area is 173 Å². The normalized spacial score (nSPS) is 11.9. The van der Waals surface area contributed by atoms with Gasteiger partial charge in [0.05, 0.1) is 12.0 Å². The van der Waals surface area contributed by atoms with Crippen molar-refractivity contribution in [1.82, 2.24) is 19.5 Å². The average Bonchev–Trinajstić information content (AvgIpc) is 3.03. The average molecular weight is 396 g/mol. The zero-order valence-corrected chi connectivity index (χ0v) is 18.5. The number of unbranched alkanes of at least 4 members (excludes halogenated alkanes) is 1. The van der Waals surface area contributed by atoms with Gasteiger partial charge in [-0.2, -0.15) is 4.98 Å². The lowest BCUT2D eigenvalue weighted by atomic mass is 9.84. The maximum absolute atomic E-state index is 5.11. The first-order valence-corrected chi connectivity index (χ1v) is 10.3. The van der Waals surface area contributed by atoms with E-state index in [9.17, 15) is 0 Å². The minimum atomic E-state index is 0.116. The minimum Gasteiger partial charge on any atom is -0.385 e. The molecule has 156 valence electrons. The van der Waals surface area contributed by atoms with Crippen molar-refractivity contribution in [2.24, 2.45) is 7.05 Å². The van der Waals surface area contributed by atoms with Crippen molar-refractivity contribution >= 4 is 17.1 Å². The number of ether oxygens (including phenoxy) is 1. The smallest absolute Gasteiger partial charge is 0.225 e. The van der Waals surface area contributed by atoms with E-state index in [1.165, 1.54) is 16.7 Å². The molecule has 29 heavy (non-hydrogen) atoms. The summed E-state index contributed by atoms with van der Waals surface area (Å²) >= 11 is 0. The lowest BCUT2D eigenvalue weighted by Gasteiger charge is -2.21. The zero-order valence-electron chi connectivity index (χ0n) is 18.5. The lowest BCUT2D eigenvalue weighted by molar-refractivity contribution is 0.193. The van der Waals surface area contributed by atoms with E-state index < -0.39 is 0 Å². The van der Waals surface area contributed by atoms with Crippen LogP contribution in [0.2, 0.25) is 0 Å². The number of nitrogens with zero attached hydrogens (tertiary/aromatic N) is 4. The van der Waals surface area contributed by atoms with Gasteiger partial charge in [-0.1, -0.05) is 39.0 Å². The van der Waals surface area contributed by atoms with Crippen molar-refractivity contribution in [3.05, 3.63) is 46.9 Å². The summed E-state index contributed by atoms with van der Waals surface area (Å²) < 4.78 is 7.12. The van der Waals surface area contributed by atoms with Crippen LogP contribution < -0.4 is 5.32 Å². The van der Waals surface area contributed by atoms with Gasteiger partial charge in [-0.15, -0.1) is 0 Å². The number of imidazole rings is 1. The second kappa shape index (κ2) is 8.91. The van der Waals surface area contributed by atoms with Crippen molar-refractivity contribution < 1.29 is 4.74 Å². The molecule has 2 aromatic heterocycles. The lowest BCUT2D eigenvalue weighted by Crippen LogP contribution is -2.12. The summed E-state index contributed by atoms with van der Waals surface area (Å²) in [5.41, 5.74) is 6.77. The van der Waals surface area contributed by atoms with Crippen LogP contribution in [0.1, 0.15) is 56.0 Å². The quantitative estimate of drug-likeness (QED) is 0.573. The Morgan fingerprint density at radius 1 is 1.14 bits per heavy atom. The Kier molecular flexibility index (Phi) is 6.52. The summed E-state index contributed by atoms with van der Waals surface area (Å²) in [6.07, 6.45) is 4.59. The number of aryl methyl sites for hydroxylation is 2. The molecule has 3 aromatic rings. The molecule has 0 aliphatic rings. The van der Waals surface area contributed by atoms with E-state index in [0.29, 0.717) is 5.95 Å². The Morgan fingerprint density at radius 2 is 1.93 bits per heavy atom. The maximum atomic E-state index is 5.11. The summed E-state index contributed by atoms with van der Waals surface area (Å²) in [5.74, 6) is 0.647. The van der Waals surface area contributed by atoms with Crippen LogP contribution in [-0.2, 0) is 23.6 Å². The Bertz CT molecular complexity index is 971.